The molecular weight excluding hydrogens is 309 g/mol. The third kappa shape index (κ3) is 2.73. The summed E-state index contributed by atoms with van der Waals surface area (Å²) in [7, 11) is 0. The molecule has 0 unspecified atom stereocenters. The number of nitrogens with zero attached hydrogens (tertiary/aromatic N) is 2. The van der Waals surface area contributed by atoms with E-state index in [2.05, 4.69) is 5.10 Å². The Kier molecular flexibility index (Phi) is 3.91. The zero-order valence-corrected chi connectivity index (χ0v) is 12.4. The third-order valence-corrected chi connectivity index (χ3v) is 4.50. The summed E-state index contributed by atoms with van der Waals surface area (Å²) < 4.78 is 39.9. The van der Waals surface area contributed by atoms with E-state index in [0.717, 1.165) is 6.42 Å². The number of hydrazone groups is 1. The van der Waals surface area contributed by atoms with Gasteiger partial charge in [0.1, 0.15) is 5.71 Å². The van der Waals surface area contributed by atoms with Crippen LogP contribution >= 0.6 is 0 Å². The number of benzene rings is 1. The van der Waals surface area contributed by atoms with Crippen molar-refractivity contribution >= 4 is 11.6 Å². The number of halogens is 3. The Morgan fingerprint density at radius 3 is 2.57 bits per heavy atom. The number of amides is 1. The predicted molar refractivity (Wildman–Crippen MR) is 77.6 cm³/mol. The maximum atomic E-state index is 13.3. The van der Waals surface area contributed by atoms with Crippen molar-refractivity contribution in [2.75, 3.05) is 0 Å². The molecule has 1 aromatic carbocycles. The van der Waals surface area contributed by atoms with Crippen LogP contribution in [0, 0.1) is 5.92 Å². The van der Waals surface area contributed by atoms with Crippen molar-refractivity contribution in [3.05, 3.63) is 35.9 Å². The van der Waals surface area contributed by atoms with Gasteiger partial charge in [-0.15, -0.1) is 0 Å². The molecule has 0 spiro atoms. The minimum atomic E-state index is -4.66. The minimum Gasteiger partial charge on any atom is -0.368 e. The van der Waals surface area contributed by atoms with E-state index in [4.69, 9.17) is 0 Å². The van der Waals surface area contributed by atoms with Gasteiger partial charge in [-0.1, -0.05) is 31.0 Å². The first-order chi connectivity index (χ1) is 10.8. The molecule has 1 N–H and O–H groups in total. The average molecular weight is 326 g/mol. The molecule has 4 nitrogen and oxygen atoms in total. The molecule has 2 atom stereocenters. The second-order valence-electron chi connectivity index (χ2n) is 6.00. The van der Waals surface area contributed by atoms with Gasteiger partial charge in [-0.05, 0) is 31.4 Å². The first-order valence-corrected chi connectivity index (χ1v) is 7.62. The van der Waals surface area contributed by atoms with Crippen molar-refractivity contribution in [2.45, 2.75) is 44.0 Å². The van der Waals surface area contributed by atoms with E-state index in [1.54, 1.807) is 18.2 Å². The van der Waals surface area contributed by atoms with Gasteiger partial charge in [-0.2, -0.15) is 23.3 Å². The molecule has 0 saturated heterocycles. The fourth-order valence-corrected chi connectivity index (χ4v) is 3.37. The fourth-order valence-electron chi connectivity index (χ4n) is 3.37. The Labute approximate surface area is 131 Å². The van der Waals surface area contributed by atoms with Crippen LogP contribution in [0.25, 0.3) is 0 Å². The van der Waals surface area contributed by atoms with Crippen LogP contribution in [-0.4, -0.2) is 33.6 Å². The maximum absolute atomic E-state index is 13.3. The van der Waals surface area contributed by atoms with E-state index in [9.17, 15) is 23.1 Å². The number of aliphatic hydroxyl groups is 1. The van der Waals surface area contributed by atoms with Crippen LogP contribution in [0.5, 0.6) is 0 Å². The minimum absolute atomic E-state index is 0.0965. The maximum Gasteiger partial charge on any atom is 0.431 e. The average Bonchev–Trinajstić information content (AvgIpc) is 2.67. The number of carbonyl (C=O) groups is 1. The van der Waals surface area contributed by atoms with Crippen LogP contribution in [0.4, 0.5) is 13.2 Å². The summed E-state index contributed by atoms with van der Waals surface area (Å²) in [6, 6.07) is 7.93. The first-order valence-electron chi connectivity index (χ1n) is 7.62. The van der Waals surface area contributed by atoms with Crippen molar-refractivity contribution in [2.24, 2.45) is 11.0 Å². The third-order valence-electron chi connectivity index (χ3n) is 4.50. The Balaban J connectivity index is 2.03. The van der Waals surface area contributed by atoms with Crippen molar-refractivity contribution in [1.29, 1.82) is 0 Å². The molecule has 1 aliphatic heterocycles. The quantitative estimate of drug-likeness (QED) is 0.860. The molecule has 0 radical (unpaired) electrons. The molecule has 1 fully saturated rings. The SMILES string of the molecule is O=C(c1ccccc1)N1N=C(C(F)(F)F)[C@H]2CCCCC[C@]21O. The second-order valence-corrected chi connectivity index (χ2v) is 6.00. The highest BCUT2D eigenvalue weighted by atomic mass is 19.4. The summed E-state index contributed by atoms with van der Waals surface area (Å²) in [5.41, 5.74) is -2.74. The van der Waals surface area contributed by atoms with Crippen molar-refractivity contribution < 1.29 is 23.1 Å². The van der Waals surface area contributed by atoms with Crippen LogP contribution in [0.2, 0.25) is 0 Å². The van der Waals surface area contributed by atoms with Crippen LogP contribution in [0.3, 0.4) is 0 Å². The lowest BCUT2D eigenvalue weighted by atomic mass is 9.87. The lowest BCUT2D eigenvalue weighted by Crippen LogP contribution is -2.51. The van der Waals surface area contributed by atoms with Gasteiger partial charge in [-0.3, -0.25) is 4.79 Å². The van der Waals surface area contributed by atoms with Gasteiger partial charge >= 0.3 is 6.18 Å². The molecule has 1 amide bonds. The van der Waals surface area contributed by atoms with E-state index in [1.807, 2.05) is 0 Å². The van der Waals surface area contributed by atoms with Gasteiger partial charge in [0.2, 0.25) is 0 Å². The van der Waals surface area contributed by atoms with Crippen LogP contribution in [0.1, 0.15) is 42.5 Å². The summed E-state index contributed by atoms with van der Waals surface area (Å²) in [6.45, 7) is 0. The highest BCUT2D eigenvalue weighted by Crippen LogP contribution is 2.45. The first kappa shape index (κ1) is 16.0. The number of rotatable bonds is 1. The van der Waals surface area contributed by atoms with Crippen LogP contribution in [-0.2, 0) is 0 Å². The lowest BCUT2D eigenvalue weighted by Gasteiger charge is -2.35. The Bertz CT molecular complexity index is 630. The molecular formula is C16H17F3N2O2. The van der Waals surface area contributed by atoms with Crippen molar-refractivity contribution in [3.8, 4) is 0 Å². The molecule has 1 aromatic rings. The van der Waals surface area contributed by atoms with E-state index in [-0.39, 0.29) is 18.4 Å². The summed E-state index contributed by atoms with van der Waals surface area (Å²) in [5.74, 6) is -1.89. The van der Waals surface area contributed by atoms with E-state index < -0.39 is 29.4 Å². The monoisotopic (exact) mass is 326 g/mol. The molecule has 2 aliphatic rings. The molecule has 124 valence electrons. The van der Waals surface area contributed by atoms with Gasteiger partial charge in [0, 0.05) is 5.56 Å². The van der Waals surface area contributed by atoms with E-state index >= 15 is 0 Å². The topological polar surface area (TPSA) is 52.9 Å². The van der Waals surface area contributed by atoms with Crippen molar-refractivity contribution in [1.82, 2.24) is 5.01 Å². The standard InChI is InChI=1S/C16H17F3N2O2/c17-16(18,19)13-12-9-5-2-6-10-15(12,23)21(20-13)14(22)11-7-3-1-4-8-11/h1,3-4,7-8,12,23H,2,5-6,9-10H2/t12-,15+/m1/s1. The van der Waals surface area contributed by atoms with E-state index in [1.165, 1.54) is 12.1 Å². The Hall–Kier alpha value is -1.89. The highest BCUT2D eigenvalue weighted by molar-refractivity contribution is 6.00. The summed E-state index contributed by atoms with van der Waals surface area (Å²) in [4.78, 5) is 12.6. The predicted octanol–water partition coefficient (Wildman–Crippen LogP) is 3.33. The Morgan fingerprint density at radius 1 is 1.22 bits per heavy atom. The van der Waals surface area contributed by atoms with Crippen LogP contribution < -0.4 is 0 Å². The number of carbonyl (C=O) groups excluding carboxylic acids is 1. The fraction of sp³-hybridized carbons (Fsp3) is 0.500. The molecule has 1 heterocycles. The smallest absolute Gasteiger partial charge is 0.368 e. The number of alkyl halides is 3. The van der Waals surface area contributed by atoms with Gasteiger partial charge in [0.15, 0.2) is 5.72 Å². The van der Waals surface area contributed by atoms with E-state index in [0.29, 0.717) is 17.9 Å². The molecule has 1 aliphatic carbocycles. The van der Waals surface area contributed by atoms with Crippen molar-refractivity contribution in [3.63, 3.8) is 0 Å². The summed E-state index contributed by atoms with van der Waals surface area (Å²) in [6.07, 6.45) is -2.51. The van der Waals surface area contributed by atoms with Gasteiger partial charge in [0.25, 0.3) is 5.91 Å². The summed E-state index contributed by atoms with van der Waals surface area (Å²) in [5, 5.41) is 15.1. The van der Waals surface area contributed by atoms with Crippen LogP contribution in [0.15, 0.2) is 35.4 Å². The number of hydrogen-bond donors (Lipinski definition) is 1. The lowest BCUT2D eigenvalue weighted by molar-refractivity contribution is -0.108. The molecule has 23 heavy (non-hydrogen) atoms. The van der Waals surface area contributed by atoms with Gasteiger partial charge in [-0.25, -0.2) is 0 Å². The zero-order chi connectivity index (χ0) is 16.7. The second kappa shape index (κ2) is 5.63. The molecule has 3 rings (SSSR count). The normalized spacial score (nSPS) is 28.1. The number of fused-ring (bicyclic) bond motifs is 1. The zero-order valence-electron chi connectivity index (χ0n) is 12.4. The van der Waals surface area contributed by atoms with Gasteiger partial charge in [0.05, 0.1) is 5.92 Å². The summed E-state index contributed by atoms with van der Waals surface area (Å²) >= 11 is 0. The molecule has 1 saturated carbocycles. The Morgan fingerprint density at radius 2 is 1.91 bits per heavy atom. The van der Waals surface area contributed by atoms with Gasteiger partial charge < -0.3 is 5.11 Å². The highest BCUT2D eigenvalue weighted by Gasteiger charge is 2.59. The largest absolute Gasteiger partial charge is 0.431 e. The number of hydrogen-bond acceptors (Lipinski definition) is 3. The molecule has 7 heteroatoms. The molecule has 0 bridgehead atoms. The molecule has 0 aromatic heterocycles.